The molecule has 0 atom stereocenters. The van der Waals surface area contributed by atoms with Crippen molar-refractivity contribution in [3.05, 3.63) is 50.1 Å². The summed E-state index contributed by atoms with van der Waals surface area (Å²) in [6.07, 6.45) is 1.70. The molecular formula is C14H11BrIN3O2S. The molecule has 0 fully saturated rings. The van der Waals surface area contributed by atoms with Gasteiger partial charge >= 0.3 is 0 Å². The van der Waals surface area contributed by atoms with Gasteiger partial charge in [-0.2, -0.15) is 0 Å². The lowest BCUT2D eigenvalue weighted by Gasteiger charge is -2.11. The zero-order chi connectivity index (χ0) is 16.1. The van der Waals surface area contributed by atoms with Gasteiger partial charge in [0.1, 0.15) is 11.6 Å². The van der Waals surface area contributed by atoms with Crippen molar-refractivity contribution in [1.29, 1.82) is 0 Å². The maximum Gasteiger partial charge on any atom is 0.261 e. The number of pyridine rings is 1. The summed E-state index contributed by atoms with van der Waals surface area (Å²) < 4.78 is 6.96. The number of rotatable bonds is 3. The van der Waals surface area contributed by atoms with Crippen LogP contribution >= 0.6 is 50.7 Å². The Balaban J connectivity index is 2.06. The highest BCUT2D eigenvalue weighted by Gasteiger charge is 2.14. The van der Waals surface area contributed by atoms with Gasteiger partial charge in [-0.3, -0.25) is 10.1 Å². The van der Waals surface area contributed by atoms with Gasteiger partial charge in [-0.05, 0) is 65.1 Å². The number of carbonyl (C=O) groups is 1. The average molecular weight is 492 g/mol. The van der Waals surface area contributed by atoms with Gasteiger partial charge < -0.3 is 10.1 Å². The Morgan fingerprint density at radius 2 is 2.14 bits per heavy atom. The maximum atomic E-state index is 12.3. The minimum Gasteiger partial charge on any atom is -0.496 e. The molecule has 1 heterocycles. The molecular weight excluding hydrogens is 481 g/mol. The van der Waals surface area contributed by atoms with Gasteiger partial charge in [0.05, 0.1) is 12.7 Å². The van der Waals surface area contributed by atoms with Crippen molar-refractivity contribution in [2.45, 2.75) is 0 Å². The predicted molar refractivity (Wildman–Crippen MR) is 101 cm³/mol. The third kappa shape index (κ3) is 4.62. The monoisotopic (exact) mass is 491 g/mol. The van der Waals surface area contributed by atoms with Crippen molar-refractivity contribution in [2.75, 3.05) is 12.4 Å². The SMILES string of the molecule is COc1ccc(Br)cc1C(=O)NC(=S)Nc1ccc(I)cn1. The lowest BCUT2D eigenvalue weighted by Crippen LogP contribution is -2.34. The minimum atomic E-state index is -0.360. The number of thiocarbonyl (C=S) groups is 1. The molecule has 0 saturated carbocycles. The fraction of sp³-hybridized carbons (Fsp3) is 0.0714. The summed E-state index contributed by atoms with van der Waals surface area (Å²) in [6, 6.07) is 8.83. The first kappa shape index (κ1) is 17.1. The fourth-order valence-electron chi connectivity index (χ4n) is 1.63. The Bertz CT molecular complexity index is 710. The zero-order valence-electron chi connectivity index (χ0n) is 11.4. The smallest absolute Gasteiger partial charge is 0.261 e. The number of aromatic nitrogens is 1. The van der Waals surface area contributed by atoms with Crippen LogP contribution in [0, 0.1) is 3.57 Å². The maximum absolute atomic E-state index is 12.3. The van der Waals surface area contributed by atoms with Crippen LogP contribution in [0.2, 0.25) is 0 Å². The Morgan fingerprint density at radius 1 is 1.36 bits per heavy atom. The quantitative estimate of drug-likeness (QED) is 0.507. The van der Waals surface area contributed by atoms with Crippen LogP contribution in [0.3, 0.4) is 0 Å². The number of hydrogen-bond donors (Lipinski definition) is 2. The first-order chi connectivity index (χ1) is 10.5. The highest BCUT2D eigenvalue weighted by atomic mass is 127. The van der Waals surface area contributed by atoms with Crippen molar-refractivity contribution in [1.82, 2.24) is 10.3 Å². The van der Waals surface area contributed by atoms with Gasteiger partial charge in [0.2, 0.25) is 0 Å². The Kier molecular flexibility index (Phi) is 6.09. The van der Waals surface area contributed by atoms with E-state index in [4.69, 9.17) is 17.0 Å². The first-order valence-electron chi connectivity index (χ1n) is 6.07. The lowest BCUT2D eigenvalue weighted by molar-refractivity contribution is 0.0974. The molecule has 2 rings (SSSR count). The van der Waals surface area contributed by atoms with E-state index < -0.39 is 0 Å². The number of nitrogens with one attached hydrogen (secondary N) is 2. The number of ether oxygens (including phenoxy) is 1. The van der Waals surface area contributed by atoms with Crippen molar-refractivity contribution in [2.24, 2.45) is 0 Å². The number of halogens is 2. The summed E-state index contributed by atoms with van der Waals surface area (Å²) in [6.45, 7) is 0. The number of amides is 1. The van der Waals surface area contributed by atoms with Crippen molar-refractivity contribution >= 4 is 67.6 Å². The Hall–Kier alpha value is -1.26. The van der Waals surface area contributed by atoms with Crippen LogP contribution in [-0.4, -0.2) is 23.1 Å². The summed E-state index contributed by atoms with van der Waals surface area (Å²) in [5, 5.41) is 5.62. The molecule has 0 saturated heterocycles. The highest BCUT2D eigenvalue weighted by molar-refractivity contribution is 14.1. The lowest BCUT2D eigenvalue weighted by atomic mass is 10.2. The molecule has 0 bridgehead atoms. The van der Waals surface area contributed by atoms with Gasteiger partial charge in [-0.25, -0.2) is 4.98 Å². The van der Waals surface area contributed by atoms with Crippen molar-refractivity contribution in [3.63, 3.8) is 0 Å². The molecule has 0 aliphatic carbocycles. The van der Waals surface area contributed by atoms with Gasteiger partial charge in [0, 0.05) is 14.2 Å². The topological polar surface area (TPSA) is 63.2 Å². The molecule has 0 aliphatic rings. The normalized spacial score (nSPS) is 9.95. The second-order valence-electron chi connectivity index (χ2n) is 4.11. The number of benzene rings is 1. The van der Waals surface area contributed by atoms with Crippen LogP contribution in [-0.2, 0) is 0 Å². The number of carbonyl (C=O) groups excluding carboxylic acids is 1. The molecule has 114 valence electrons. The standard InChI is InChI=1S/C14H11BrIN3O2S/c1-21-11-4-2-8(15)6-10(11)13(20)19-14(22)18-12-5-3-9(16)7-17-12/h2-7H,1H3,(H2,17,18,19,20,22). The van der Waals surface area contributed by atoms with E-state index in [2.05, 4.69) is 54.1 Å². The van der Waals surface area contributed by atoms with Crippen molar-refractivity contribution in [3.8, 4) is 5.75 Å². The summed E-state index contributed by atoms with van der Waals surface area (Å²) in [4.78, 5) is 16.4. The zero-order valence-corrected chi connectivity index (χ0v) is 16.0. The first-order valence-corrected chi connectivity index (χ1v) is 8.35. The summed E-state index contributed by atoms with van der Waals surface area (Å²) >= 11 is 10.6. The molecule has 1 aromatic heterocycles. The number of hydrogen-bond acceptors (Lipinski definition) is 4. The molecule has 5 nitrogen and oxygen atoms in total. The van der Waals surface area contributed by atoms with Gasteiger partial charge in [0.15, 0.2) is 5.11 Å². The van der Waals surface area contributed by atoms with E-state index in [9.17, 15) is 4.79 Å². The van der Waals surface area contributed by atoms with Gasteiger partial charge in [-0.1, -0.05) is 15.9 Å². The molecule has 0 spiro atoms. The van der Waals surface area contributed by atoms with Crippen LogP contribution in [0.1, 0.15) is 10.4 Å². The molecule has 0 unspecified atom stereocenters. The molecule has 22 heavy (non-hydrogen) atoms. The van der Waals surface area contributed by atoms with Crippen LogP contribution in [0.25, 0.3) is 0 Å². The summed E-state index contributed by atoms with van der Waals surface area (Å²) in [5.41, 5.74) is 0.386. The largest absolute Gasteiger partial charge is 0.496 e. The third-order valence-electron chi connectivity index (χ3n) is 2.60. The fourth-order valence-corrected chi connectivity index (χ4v) is 2.50. The summed E-state index contributed by atoms with van der Waals surface area (Å²) in [5.74, 6) is 0.670. The number of anilines is 1. The van der Waals surface area contributed by atoms with E-state index in [1.54, 1.807) is 30.5 Å². The van der Waals surface area contributed by atoms with E-state index in [1.165, 1.54) is 7.11 Å². The van der Waals surface area contributed by atoms with E-state index in [-0.39, 0.29) is 11.0 Å². The molecule has 1 aromatic carbocycles. The minimum absolute atomic E-state index is 0.167. The second-order valence-corrected chi connectivity index (χ2v) is 6.68. The van der Waals surface area contributed by atoms with E-state index in [0.29, 0.717) is 17.1 Å². The average Bonchev–Trinajstić information content (AvgIpc) is 2.49. The van der Waals surface area contributed by atoms with Crippen LogP contribution in [0.4, 0.5) is 5.82 Å². The van der Waals surface area contributed by atoms with Crippen molar-refractivity contribution < 1.29 is 9.53 Å². The van der Waals surface area contributed by atoms with Gasteiger partial charge in [-0.15, -0.1) is 0 Å². The second kappa shape index (κ2) is 7.84. The van der Waals surface area contributed by atoms with Crippen LogP contribution in [0.15, 0.2) is 41.0 Å². The molecule has 0 radical (unpaired) electrons. The van der Waals surface area contributed by atoms with Crippen LogP contribution in [0.5, 0.6) is 5.75 Å². The Morgan fingerprint density at radius 3 is 2.77 bits per heavy atom. The van der Waals surface area contributed by atoms with E-state index >= 15 is 0 Å². The number of nitrogens with zero attached hydrogens (tertiary/aromatic N) is 1. The summed E-state index contributed by atoms with van der Waals surface area (Å²) in [7, 11) is 1.51. The molecule has 2 N–H and O–H groups in total. The molecule has 8 heteroatoms. The highest BCUT2D eigenvalue weighted by Crippen LogP contribution is 2.22. The van der Waals surface area contributed by atoms with Gasteiger partial charge in [0.25, 0.3) is 5.91 Å². The number of methoxy groups -OCH3 is 1. The third-order valence-corrected chi connectivity index (χ3v) is 3.94. The predicted octanol–water partition coefficient (Wildman–Crippen LogP) is 3.58. The molecule has 1 amide bonds. The molecule has 2 aromatic rings. The Labute approximate surface area is 155 Å². The molecule has 0 aliphatic heterocycles. The van der Waals surface area contributed by atoms with Crippen LogP contribution < -0.4 is 15.4 Å². The van der Waals surface area contributed by atoms with E-state index in [1.807, 2.05) is 6.07 Å². The van der Waals surface area contributed by atoms with E-state index in [0.717, 1.165) is 8.04 Å².